The molecule has 0 bridgehead atoms. The molecule has 6 nitrogen and oxygen atoms in total. The number of para-hydroxylation sites is 1. The summed E-state index contributed by atoms with van der Waals surface area (Å²) in [6.45, 7) is 0. The van der Waals surface area contributed by atoms with Crippen molar-refractivity contribution in [3.05, 3.63) is 94.9 Å². The topological polar surface area (TPSA) is 77.8 Å². The van der Waals surface area contributed by atoms with Gasteiger partial charge in [-0.1, -0.05) is 30.3 Å². The van der Waals surface area contributed by atoms with Crippen molar-refractivity contribution in [2.45, 2.75) is 12.3 Å². The SMILES string of the molecule is Cn1cc(C=C2Oc3c(ccc4c3C(c3cccc(O)c3)CC(=O)O4)C2=O)c2ccccc21. The number of fused-ring (bicyclic) bond motifs is 4. The second kappa shape index (κ2) is 7.10. The van der Waals surface area contributed by atoms with Gasteiger partial charge in [-0.2, -0.15) is 0 Å². The molecule has 1 aromatic heterocycles. The summed E-state index contributed by atoms with van der Waals surface area (Å²) in [5, 5.41) is 11.0. The molecule has 3 aromatic carbocycles. The molecule has 0 saturated carbocycles. The summed E-state index contributed by atoms with van der Waals surface area (Å²) < 4.78 is 13.6. The molecule has 0 spiro atoms. The zero-order valence-electron chi connectivity index (χ0n) is 17.7. The normalized spacial score (nSPS) is 18.2. The first-order chi connectivity index (χ1) is 16.0. The molecule has 1 unspecified atom stereocenters. The number of esters is 1. The average molecular weight is 437 g/mol. The van der Waals surface area contributed by atoms with E-state index >= 15 is 0 Å². The van der Waals surface area contributed by atoms with Crippen LogP contribution in [0.5, 0.6) is 17.2 Å². The van der Waals surface area contributed by atoms with E-state index in [2.05, 4.69) is 0 Å². The number of benzene rings is 3. The number of phenolic OH excluding ortho intramolecular Hbond substituents is 1. The van der Waals surface area contributed by atoms with E-state index in [1.807, 2.05) is 48.1 Å². The Morgan fingerprint density at radius 1 is 1.03 bits per heavy atom. The van der Waals surface area contributed by atoms with E-state index in [1.54, 1.807) is 36.4 Å². The second-order valence-corrected chi connectivity index (χ2v) is 8.33. The molecule has 0 fully saturated rings. The van der Waals surface area contributed by atoms with Crippen LogP contribution in [0.15, 0.2) is 72.6 Å². The van der Waals surface area contributed by atoms with Crippen molar-refractivity contribution in [2.75, 3.05) is 0 Å². The van der Waals surface area contributed by atoms with Gasteiger partial charge in [0.1, 0.15) is 17.2 Å². The molecule has 1 N–H and O–H groups in total. The minimum absolute atomic E-state index is 0.0901. The Balaban J connectivity index is 1.48. The molecule has 2 aliphatic rings. The number of ketones is 1. The van der Waals surface area contributed by atoms with Gasteiger partial charge in [0.15, 0.2) is 5.76 Å². The summed E-state index contributed by atoms with van der Waals surface area (Å²) >= 11 is 0. The number of carbonyl (C=O) groups is 2. The summed E-state index contributed by atoms with van der Waals surface area (Å²) in [4.78, 5) is 25.5. The van der Waals surface area contributed by atoms with E-state index < -0.39 is 5.92 Å². The van der Waals surface area contributed by atoms with Gasteiger partial charge in [-0.3, -0.25) is 9.59 Å². The van der Waals surface area contributed by atoms with Gasteiger partial charge in [0, 0.05) is 41.2 Å². The predicted octanol–water partition coefficient (Wildman–Crippen LogP) is 4.94. The van der Waals surface area contributed by atoms with E-state index in [9.17, 15) is 14.7 Å². The van der Waals surface area contributed by atoms with E-state index in [1.165, 1.54) is 0 Å². The molecular weight excluding hydrogens is 418 g/mol. The van der Waals surface area contributed by atoms with E-state index in [-0.39, 0.29) is 29.7 Å². The maximum atomic E-state index is 13.2. The Labute approximate surface area is 189 Å². The van der Waals surface area contributed by atoms with Crippen molar-refractivity contribution in [1.82, 2.24) is 4.57 Å². The minimum Gasteiger partial charge on any atom is -0.508 e. The molecule has 0 saturated heterocycles. The fourth-order valence-electron chi connectivity index (χ4n) is 4.76. The number of phenols is 1. The number of aromatic hydroxyl groups is 1. The fraction of sp³-hybridized carbons (Fsp3) is 0.111. The van der Waals surface area contributed by atoms with Crippen LogP contribution in [-0.2, 0) is 11.8 Å². The molecule has 0 amide bonds. The highest BCUT2D eigenvalue weighted by atomic mass is 16.5. The summed E-state index contributed by atoms with van der Waals surface area (Å²) in [6, 6.07) is 18.0. The standard InChI is InChI=1S/C27H19NO5/c1-28-14-16(18-7-2-3-8-21(18)28)12-23-26(31)19-9-10-22-25(27(19)33-23)20(13-24(30)32-22)15-5-4-6-17(29)11-15/h2-12,14,20,29H,13H2,1H3. The number of hydrogen-bond donors (Lipinski definition) is 1. The van der Waals surface area contributed by atoms with Crippen molar-refractivity contribution in [3.8, 4) is 17.2 Å². The number of aryl methyl sites for hydroxylation is 1. The lowest BCUT2D eigenvalue weighted by Gasteiger charge is -2.26. The predicted molar refractivity (Wildman–Crippen MR) is 122 cm³/mol. The minimum atomic E-state index is -0.395. The third-order valence-electron chi connectivity index (χ3n) is 6.27. The third-order valence-corrected chi connectivity index (χ3v) is 6.27. The maximum absolute atomic E-state index is 13.2. The van der Waals surface area contributed by atoms with Gasteiger partial charge in [0.25, 0.3) is 0 Å². The first-order valence-electron chi connectivity index (χ1n) is 10.6. The third kappa shape index (κ3) is 3.03. The molecular formula is C27H19NO5. The van der Waals surface area contributed by atoms with Crippen LogP contribution in [0, 0.1) is 0 Å². The monoisotopic (exact) mass is 437 g/mol. The summed E-state index contributed by atoms with van der Waals surface area (Å²) in [6.07, 6.45) is 3.81. The number of ether oxygens (including phenoxy) is 2. The molecule has 1 atom stereocenters. The van der Waals surface area contributed by atoms with E-state index in [4.69, 9.17) is 9.47 Å². The molecule has 6 heteroatoms. The number of nitrogens with zero attached hydrogens (tertiary/aromatic N) is 1. The molecule has 0 radical (unpaired) electrons. The molecule has 4 aromatic rings. The number of allylic oxidation sites excluding steroid dienone is 1. The van der Waals surface area contributed by atoms with Crippen molar-refractivity contribution in [3.63, 3.8) is 0 Å². The average Bonchev–Trinajstić information content (AvgIpc) is 3.30. The lowest BCUT2D eigenvalue weighted by Crippen LogP contribution is -2.21. The number of hydrogen-bond acceptors (Lipinski definition) is 5. The maximum Gasteiger partial charge on any atom is 0.312 e. The molecule has 33 heavy (non-hydrogen) atoms. The summed E-state index contributed by atoms with van der Waals surface area (Å²) in [5.74, 6) is 0.129. The number of Topliss-reactive ketones (excluding diaryl/α,β-unsaturated/α-hetero) is 1. The van der Waals surface area contributed by atoms with E-state index in [0.29, 0.717) is 22.6 Å². The second-order valence-electron chi connectivity index (χ2n) is 8.33. The van der Waals surface area contributed by atoms with Crippen LogP contribution in [0.2, 0.25) is 0 Å². The van der Waals surface area contributed by atoms with Crippen molar-refractivity contribution < 1.29 is 24.2 Å². The number of carbonyl (C=O) groups excluding carboxylic acids is 2. The molecule has 162 valence electrons. The zero-order chi connectivity index (χ0) is 22.7. The smallest absolute Gasteiger partial charge is 0.312 e. The van der Waals surface area contributed by atoms with Crippen molar-refractivity contribution >= 4 is 28.7 Å². The summed E-state index contributed by atoms with van der Waals surface area (Å²) in [7, 11) is 1.96. The largest absolute Gasteiger partial charge is 0.508 e. The van der Waals surface area contributed by atoms with Crippen molar-refractivity contribution in [1.29, 1.82) is 0 Å². The van der Waals surface area contributed by atoms with Gasteiger partial charge in [-0.15, -0.1) is 0 Å². The van der Waals surface area contributed by atoms with Crippen molar-refractivity contribution in [2.24, 2.45) is 7.05 Å². The van der Waals surface area contributed by atoms with E-state index in [0.717, 1.165) is 22.0 Å². The first-order valence-corrected chi connectivity index (χ1v) is 10.6. The van der Waals surface area contributed by atoms with Crippen LogP contribution < -0.4 is 9.47 Å². The van der Waals surface area contributed by atoms with Gasteiger partial charge in [0.2, 0.25) is 5.78 Å². The van der Waals surface area contributed by atoms with Crippen LogP contribution in [0.4, 0.5) is 0 Å². The zero-order valence-corrected chi connectivity index (χ0v) is 17.7. The highest BCUT2D eigenvalue weighted by Crippen LogP contribution is 2.49. The van der Waals surface area contributed by atoms with Crippen LogP contribution in [0.1, 0.15) is 39.4 Å². The van der Waals surface area contributed by atoms with Gasteiger partial charge in [0.05, 0.1) is 12.0 Å². The van der Waals surface area contributed by atoms with Gasteiger partial charge in [-0.25, -0.2) is 0 Å². The lowest BCUT2D eigenvalue weighted by atomic mass is 9.84. The number of aromatic nitrogens is 1. The Morgan fingerprint density at radius 3 is 2.73 bits per heavy atom. The van der Waals surface area contributed by atoms with Crippen LogP contribution >= 0.6 is 0 Å². The lowest BCUT2D eigenvalue weighted by molar-refractivity contribution is -0.135. The Morgan fingerprint density at radius 2 is 1.88 bits per heavy atom. The number of rotatable bonds is 2. The van der Waals surface area contributed by atoms with Gasteiger partial charge in [-0.05, 0) is 42.0 Å². The molecule has 3 heterocycles. The summed E-state index contributed by atoms with van der Waals surface area (Å²) in [5.41, 5.74) is 3.77. The quantitative estimate of drug-likeness (QED) is 0.273. The van der Waals surface area contributed by atoms with Crippen LogP contribution in [-0.4, -0.2) is 21.4 Å². The Kier molecular flexibility index (Phi) is 4.17. The molecule has 0 aliphatic carbocycles. The van der Waals surface area contributed by atoms with Crippen LogP contribution in [0.3, 0.4) is 0 Å². The first kappa shape index (κ1) is 19.4. The Bertz CT molecular complexity index is 1510. The Hall–Kier alpha value is -4.32. The van der Waals surface area contributed by atoms with Gasteiger partial charge >= 0.3 is 5.97 Å². The molecule has 6 rings (SSSR count). The highest BCUT2D eigenvalue weighted by molar-refractivity contribution is 6.15. The fourth-order valence-corrected chi connectivity index (χ4v) is 4.76. The molecule has 2 aliphatic heterocycles. The van der Waals surface area contributed by atoms with Gasteiger partial charge < -0.3 is 19.1 Å². The highest BCUT2D eigenvalue weighted by Gasteiger charge is 2.38. The van der Waals surface area contributed by atoms with Crippen LogP contribution in [0.25, 0.3) is 17.0 Å².